The highest BCUT2D eigenvalue weighted by Gasteiger charge is 2.72. The molecule has 31 heavy (non-hydrogen) atoms. The van der Waals surface area contributed by atoms with Crippen LogP contribution in [-0.2, 0) is 10.2 Å². The Morgan fingerprint density at radius 1 is 1.10 bits per heavy atom. The van der Waals surface area contributed by atoms with E-state index in [0.717, 1.165) is 38.6 Å². The lowest BCUT2D eigenvalue weighted by Crippen LogP contribution is -2.42. The number of carbonyl (C=O) groups excluding carboxylic acids is 1. The molecule has 5 heteroatoms. The molecule has 3 nitrogen and oxygen atoms in total. The van der Waals surface area contributed by atoms with E-state index in [0.29, 0.717) is 43.9 Å². The van der Waals surface area contributed by atoms with Gasteiger partial charge in [-0.2, -0.15) is 0 Å². The zero-order chi connectivity index (χ0) is 21.7. The molecule has 4 fully saturated rings. The van der Waals surface area contributed by atoms with Gasteiger partial charge in [0.05, 0.1) is 5.41 Å². The number of nitrogens with zero attached hydrogens (tertiary/aromatic N) is 1. The molecule has 0 radical (unpaired) electrons. The summed E-state index contributed by atoms with van der Waals surface area (Å²) in [5.41, 5.74) is 5.13. The highest BCUT2D eigenvalue weighted by Crippen LogP contribution is 2.74. The van der Waals surface area contributed by atoms with Gasteiger partial charge in [-0.25, -0.2) is 13.8 Å². The second kappa shape index (κ2) is 7.75. The molecule has 0 spiro atoms. The fraction of sp³-hybridized carbons (Fsp3) is 0.692. The van der Waals surface area contributed by atoms with Crippen molar-refractivity contribution < 1.29 is 13.6 Å². The van der Waals surface area contributed by atoms with Crippen molar-refractivity contribution in [2.75, 3.05) is 6.54 Å². The average Bonchev–Trinajstić information content (AvgIpc) is 3.28. The third kappa shape index (κ3) is 3.21. The highest BCUT2D eigenvalue weighted by atomic mass is 19.3. The number of amides is 1. The topological polar surface area (TPSA) is 55.4 Å². The predicted octanol–water partition coefficient (Wildman–Crippen LogP) is 5.52. The first-order valence-corrected chi connectivity index (χ1v) is 12.1. The molecule has 1 amide bonds. The van der Waals surface area contributed by atoms with Gasteiger partial charge in [0.25, 0.3) is 5.91 Å². The Bertz CT molecular complexity index is 850. The lowest BCUT2D eigenvalue weighted by atomic mass is 9.61. The zero-order valence-corrected chi connectivity index (χ0v) is 18.2. The fourth-order valence-electron chi connectivity index (χ4n) is 7.73. The Labute approximate surface area is 183 Å². The molecular formula is C26H34F2N2O. The third-order valence-corrected chi connectivity index (χ3v) is 9.59. The molecule has 0 saturated heterocycles. The summed E-state index contributed by atoms with van der Waals surface area (Å²) in [5.74, 6) is 0.515. The molecule has 4 aliphatic carbocycles. The first-order valence-electron chi connectivity index (χ1n) is 12.1. The van der Waals surface area contributed by atoms with E-state index in [1.807, 2.05) is 24.4 Å². The number of fused-ring (bicyclic) bond motifs is 1. The van der Waals surface area contributed by atoms with Crippen LogP contribution in [0.15, 0.2) is 35.3 Å². The van der Waals surface area contributed by atoms with Crippen molar-refractivity contribution in [2.45, 2.75) is 76.0 Å². The monoisotopic (exact) mass is 428 g/mol. The summed E-state index contributed by atoms with van der Waals surface area (Å²) in [6.07, 6.45) is 7.36. The van der Waals surface area contributed by atoms with E-state index in [9.17, 15) is 13.6 Å². The molecule has 4 atom stereocenters. The van der Waals surface area contributed by atoms with Crippen LogP contribution in [0, 0.1) is 28.6 Å². The van der Waals surface area contributed by atoms with Gasteiger partial charge < -0.3 is 5.73 Å². The Morgan fingerprint density at radius 3 is 2.48 bits per heavy atom. The van der Waals surface area contributed by atoms with E-state index in [1.54, 1.807) is 0 Å². The van der Waals surface area contributed by atoms with Gasteiger partial charge in [0.1, 0.15) is 0 Å². The Morgan fingerprint density at radius 2 is 1.81 bits per heavy atom. The molecule has 4 unspecified atom stereocenters. The van der Waals surface area contributed by atoms with E-state index in [-0.39, 0.29) is 17.2 Å². The molecule has 5 rings (SSSR count). The number of hydrogen-bond acceptors (Lipinski definition) is 2. The van der Waals surface area contributed by atoms with Gasteiger partial charge in [0.15, 0.2) is 0 Å². The van der Waals surface area contributed by atoms with E-state index < -0.39 is 17.3 Å². The number of hydrogen-bond donors (Lipinski definition) is 1. The molecule has 0 aliphatic heterocycles. The van der Waals surface area contributed by atoms with Crippen molar-refractivity contribution in [3.8, 4) is 0 Å². The van der Waals surface area contributed by atoms with Gasteiger partial charge in [-0.1, -0.05) is 30.3 Å². The van der Waals surface area contributed by atoms with E-state index >= 15 is 0 Å². The van der Waals surface area contributed by atoms with Crippen LogP contribution in [0.2, 0.25) is 0 Å². The van der Waals surface area contributed by atoms with Gasteiger partial charge in [0, 0.05) is 11.6 Å². The summed E-state index contributed by atoms with van der Waals surface area (Å²) in [7, 11) is 0. The minimum Gasteiger partial charge on any atom is -0.330 e. The zero-order valence-electron chi connectivity index (χ0n) is 18.2. The minimum absolute atomic E-state index is 0.124. The van der Waals surface area contributed by atoms with Crippen LogP contribution >= 0.6 is 0 Å². The van der Waals surface area contributed by atoms with Crippen molar-refractivity contribution in [3.05, 3.63) is 35.9 Å². The SMILES string of the molecule is NCC1CCC(C=NC(=O)C23CCC4(C(F)F)CCC(c5ccccc5)(CC24)C3)CC1. The molecule has 168 valence electrons. The molecule has 4 aliphatic rings. The first-order chi connectivity index (χ1) is 14.9. The molecule has 2 N–H and O–H groups in total. The van der Waals surface area contributed by atoms with Crippen molar-refractivity contribution in [3.63, 3.8) is 0 Å². The maximum absolute atomic E-state index is 14.4. The molecule has 4 saturated carbocycles. The number of aliphatic imine (C=N–C) groups is 1. The van der Waals surface area contributed by atoms with Crippen LogP contribution in [0.25, 0.3) is 0 Å². The van der Waals surface area contributed by atoms with Crippen molar-refractivity contribution in [2.24, 2.45) is 39.3 Å². The molecule has 0 aromatic heterocycles. The van der Waals surface area contributed by atoms with Crippen LogP contribution < -0.4 is 5.73 Å². The Balaban J connectivity index is 1.43. The second-order valence-corrected chi connectivity index (χ2v) is 10.9. The van der Waals surface area contributed by atoms with Crippen LogP contribution in [0.3, 0.4) is 0 Å². The normalized spacial score (nSPS) is 41.9. The molecule has 1 aromatic rings. The summed E-state index contributed by atoms with van der Waals surface area (Å²) < 4.78 is 28.8. The number of rotatable bonds is 5. The number of alkyl halides is 2. The third-order valence-electron chi connectivity index (χ3n) is 9.59. The summed E-state index contributed by atoms with van der Waals surface area (Å²) in [4.78, 5) is 18.1. The van der Waals surface area contributed by atoms with Crippen LogP contribution in [0.1, 0.15) is 69.8 Å². The fourth-order valence-corrected chi connectivity index (χ4v) is 7.73. The van der Waals surface area contributed by atoms with Crippen molar-refractivity contribution >= 4 is 12.1 Å². The minimum atomic E-state index is -2.37. The van der Waals surface area contributed by atoms with E-state index in [4.69, 9.17) is 5.73 Å². The second-order valence-electron chi connectivity index (χ2n) is 10.9. The summed E-state index contributed by atoms with van der Waals surface area (Å²) in [6, 6.07) is 10.3. The molecule has 2 bridgehead atoms. The van der Waals surface area contributed by atoms with E-state index in [1.165, 1.54) is 5.56 Å². The van der Waals surface area contributed by atoms with Crippen LogP contribution in [0.5, 0.6) is 0 Å². The molecule has 1 aromatic carbocycles. The van der Waals surface area contributed by atoms with E-state index in [2.05, 4.69) is 17.1 Å². The average molecular weight is 429 g/mol. The molecular weight excluding hydrogens is 394 g/mol. The smallest absolute Gasteiger partial charge is 0.251 e. The summed E-state index contributed by atoms with van der Waals surface area (Å²) in [6.45, 7) is 0.727. The number of benzene rings is 1. The predicted molar refractivity (Wildman–Crippen MR) is 118 cm³/mol. The van der Waals surface area contributed by atoms with Gasteiger partial charge in [-0.3, -0.25) is 4.79 Å². The van der Waals surface area contributed by atoms with Gasteiger partial charge >= 0.3 is 0 Å². The Kier molecular flexibility index (Phi) is 5.31. The summed E-state index contributed by atoms with van der Waals surface area (Å²) >= 11 is 0. The number of halogens is 2. The lowest BCUT2D eigenvalue weighted by Gasteiger charge is -2.44. The highest BCUT2D eigenvalue weighted by molar-refractivity contribution is 5.91. The Hall–Kier alpha value is -1.62. The van der Waals surface area contributed by atoms with Gasteiger partial charge in [0.2, 0.25) is 6.43 Å². The largest absolute Gasteiger partial charge is 0.330 e. The lowest BCUT2D eigenvalue weighted by molar-refractivity contribution is -0.131. The van der Waals surface area contributed by atoms with Gasteiger partial charge in [-0.15, -0.1) is 0 Å². The molecule has 0 heterocycles. The maximum Gasteiger partial charge on any atom is 0.251 e. The quantitative estimate of drug-likeness (QED) is 0.628. The van der Waals surface area contributed by atoms with Crippen LogP contribution in [-0.4, -0.2) is 25.1 Å². The van der Waals surface area contributed by atoms with Gasteiger partial charge in [-0.05, 0) is 99.5 Å². The van der Waals surface area contributed by atoms with Crippen LogP contribution in [0.4, 0.5) is 8.78 Å². The number of carbonyl (C=O) groups is 1. The summed E-state index contributed by atoms with van der Waals surface area (Å²) in [5, 5.41) is 0. The van der Waals surface area contributed by atoms with Crippen molar-refractivity contribution in [1.29, 1.82) is 0 Å². The maximum atomic E-state index is 14.4. The standard InChI is InChI=1S/C26H34F2N2O/c27-22(28)25-11-10-24(20-4-2-1-3-5-20)14-21(25)26(17-24,13-12-25)23(31)30-16-19-8-6-18(15-29)7-9-19/h1-5,16,18-19,21-22H,6-15,17,29H2. The first kappa shape index (κ1) is 21.2. The number of nitrogens with two attached hydrogens (primary N) is 1. The van der Waals surface area contributed by atoms with Crippen molar-refractivity contribution in [1.82, 2.24) is 0 Å².